The molecule has 6 nitrogen and oxygen atoms in total. The van der Waals surface area contributed by atoms with E-state index in [1.54, 1.807) is 11.9 Å². The fourth-order valence-electron chi connectivity index (χ4n) is 5.14. The summed E-state index contributed by atoms with van der Waals surface area (Å²) in [6.07, 6.45) is 0.681. The first kappa shape index (κ1) is 16.8. The molecule has 136 valence electrons. The Hall–Kier alpha value is -2.63. The zero-order valence-electron chi connectivity index (χ0n) is 15.4. The summed E-state index contributed by atoms with van der Waals surface area (Å²) in [7, 11) is 1.78. The van der Waals surface area contributed by atoms with E-state index in [0.717, 1.165) is 11.3 Å². The molecule has 1 aromatic rings. The molecule has 1 aromatic carbocycles. The quantitative estimate of drug-likeness (QED) is 0.712. The van der Waals surface area contributed by atoms with Gasteiger partial charge in [0.1, 0.15) is 11.8 Å². The topological polar surface area (TPSA) is 93.5 Å². The lowest BCUT2D eigenvalue weighted by Gasteiger charge is -2.37. The molecule has 0 unspecified atom stereocenters. The van der Waals surface area contributed by atoms with E-state index in [1.807, 2.05) is 32.0 Å². The summed E-state index contributed by atoms with van der Waals surface area (Å²) in [6.45, 7) is 5.41. The third-order valence-electron chi connectivity index (χ3n) is 6.33. The molecule has 1 fully saturated rings. The van der Waals surface area contributed by atoms with Crippen molar-refractivity contribution in [3.8, 4) is 0 Å². The largest absolute Gasteiger partial charge is 0.509 e. The molecule has 3 atom stereocenters. The van der Waals surface area contributed by atoms with Gasteiger partial charge in [0.05, 0.1) is 11.5 Å². The van der Waals surface area contributed by atoms with Crippen molar-refractivity contribution in [3.05, 3.63) is 40.7 Å². The van der Waals surface area contributed by atoms with Crippen molar-refractivity contribution in [2.45, 2.75) is 38.8 Å². The molecule has 0 bridgehead atoms. The number of benzene rings is 1. The highest BCUT2D eigenvalue weighted by Crippen LogP contribution is 2.54. The van der Waals surface area contributed by atoms with Gasteiger partial charge in [-0.3, -0.25) is 9.59 Å². The number of carbonyl (C=O) groups is 2. The molecule has 3 N–H and O–H groups in total. The van der Waals surface area contributed by atoms with Gasteiger partial charge < -0.3 is 20.7 Å². The fraction of sp³-hybridized carbons (Fsp3) is 0.450. The number of hydrogen-bond donors (Lipinski definition) is 3. The monoisotopic (exact) mass is 353 g/mol. The molecule has 0 spiro atoms. The minimum atomic E-state index is -0.677. The average Bonchev–Trinajstić information content (AvgIpc) is 2.98. The molecular formula is C20H23N3O3. The van der Waals surface area contributed by atoms with E-state index in [1.165, 1.54) is 6.92 Å². The molecule has 3 aliphatic rings. The van der Waals surface area contributed by atoms with Gasteiger partial charge in [-0.2, -0.15) is 0 Å². The zero-order chi connectivity index (χ0) is 19.0. The van der Waals surface area contributed by atoms with Crippen LogP contribution in [0, 0.1) is 17.2 Å². The normalized spacial score (nSPS) is 28.8. The lowest BCUT2D eigenvalue weighted by atomic mass is 9.68. The number of hydrogen-bond acceptors (Lipinski definition) is 5. The zero-order valence-corrected chi connectivity index (χ0v) is 15.4. The van der Waals surface area contributed by atoms with Gasteiger partial charge in [0.25, 0.3) is 5.91 Å². The van der Waals surface area contributed by atoms with Crippen molar-refractivity contribution in [3.63, 3.8) is 0 Å². The first-order valence-electron chi connectivity index (χ1n) is 8.88. The van der Waals surface area contributed by atoms with E-state index < -0.39 is 17.5 Å². The van der Waals surface area contributed by atoms with Crippen molar-refractivity contribution in [1.29, 1.82) is 5.41 Å². The number of rotatable bonds is 2. The van der Waals surface area contributed by atoms with Crippen molar-refractivity contribution >= 4 is 23.1 Å². The van der Waals surface area contributed by atoms with Gasteiger partial charge in [-0.05, 0) is 44.7 Å². The van der Waals surface area contributed by atoms with Gasteiger partial charge in [0, 0.05) is 29.5 Å². The minimum Gasteiger partial charge on any atom is -0.509 e. The number of fused-ring (bicyclic) bond motifs is 4. The second kappa shape index (κ2) is 5.19. The first-order valence-corrected chi connectivity index (χ1v) is 8.88. The summed E-state index contributed by atoms with van der Waals surface area (Å²) in [5.74, 6) is -1.07. The number of anilines is 1. The van der Waals surface area contributed by atoms with E-state index >= 15 is 0 Å². The third kappa shape index (κ3) is 1.84. The summed E-state index contributed by atoms with van der Waals surface area (Å²) in [5.41, 5.74) is 1.92. The smallest absolute Gasteiger partial charge is 0.260 e. The molecule has 4 rings (SSSR count). The van der Waals surface area contributed by atoms with Crippen LogP contribution < -0.4 is 5.32 Å². The Bertz CT molecular complexity index is 900. The first-order chi connectivity index (χ1) is 12.2. The maximum atomic E-state index is 13.5. The maximum Gasteiger partial charge on any atom is 0.260 e. The molecule has 0 radical (unpaired) electrons. The number of nitrogens with zero attached hydrogens (tertiary/aromatic N) is 1. The van der Waals surface area contributed by atoms with Crippen LogP contribution in [0.15, 0.2) is 29.5 Å². The number of aliphatic hydroxyl groups is 1. The average molecular weight is 353 g/mol. The number of nitrogens with one attached hydrogen (secondary N) is 2. The lowest BCUT2D eigenvalue weighted by Crippen LogP contribution is -2.47. The second-order valence-electron chi connectivity index (χ2n) is 7.95. The highest BCUT2D eigenvalue weighted by Gasteiger charge is 2.64. The predicted molar refractivity (Wildman–Crippen MR) is 98.8 cm³/mol. The molecule has 0 saturated carbocycles. The second-order valence-corrected chi connectivity index (χ2v) is 7.95. The highest BCUT2D eigenvalue weighted by atomic mass is 16.3. The summed E-state index contributed by atoms with van der Waals surface area (Å²) in [5, 5.41) is 21.7. The Morgan fingerprint density at radius 3 is 2.65 bits per heavy atom. The third-order valence-corrected chi connectivity index (χ3v) is 6.33. The van der Waals surface area contributed by atoms with E-state index in [2.05, 4.69) is 5.32 Å². The van der Waals surface area contributed by atoms with Gasteiger partial charge in [0.2, 0.25) is 0 Å². The van der Waals surface area contributed by atoms with Gasteiger partial charge in [0.15, 0.2) is 5.78 Å². The summed E-state index contributed by atoms with van der Waals surface area (Å²) >= 11 is 0. The van der Waals surface area contributed by atoms with Crippen molar-refractivity contribution < 1.29 is 14.7 Å². The molecule has 1 aliphatic carbocycles. The molecule has 6 heteroatoms. The standard InChI is InChI=1S/C20H23N3O3/c1-9(21)13-18(25)16-15-11(20(2,3)23(16)19(13)26)8-10-6-5-7-12(22-4)14(10)17(15)24/h5-7,11,15-16,21-22,25H,8H2,1-4H3/t11-,15+,16+/m1/s1. The summed E-state index contributed by atoms with van der Waals surface area (Å²) < 4.78 is 0. The van der Waals surface area contributed by atoms with Gasteiger partial charge in [-0.1, -0.05) is 12.1 Å². The number of ketones is 1. The van der Waals surface area contributed by atoms with Crippen LogP contribution in [-0.2, 0) is 11.2 Å². The maximum absolute atomic E-state index is 13.5. The van der Waals surface area contributed by atoms with Crippen LogP contribution >= 0.6 is 0 Å². The van der Waals surface area contributed by atoms with Gasteiger partial charge >= 0.3 is 0 Å². The Morgan fingerprint density at radius 1 is 1.35 bits per heavy atom. The predicted octanol–water partition coefficient (Wildman–Crippen LogP) is 2.55. The number of carbonyl (C=O) groups excluding carboxylic acids is 2. The Labute approximate surface area is 152 Å². The van der Waals surface area contributed by atoms with E-state index in [-0.39, 0.29) is 34.7 Å². The highest BCUT2D eigenvalue weighted by molar-refractivity contribution is 6.22. The van der Waals surface area contributed by atoms with Crippen LogP contribution in [-0.4, -0.2) is 46.0 Å². The summed E-state index contributed by atoms with van der Waals surface area (Å²) in [6, 6.07) is 5.09. The van der Waals surface area contributed by atoms with Crippen molar-refractivity contribution in [2.24, 2.45) is 11.8 Å². The fourth-order valence-corrected chi connectivity index (χ4v) is 5.14. The van der Waals surface area contributed by atoms with Crippen LogP contribution in [0.2, 0.25) is 0 Å². The van der Waals surface area contributed by atoms with E-state index in [4.69, 9.17) is 5.41 Å². The number of aliphatic hydroxyl groups excluding tert-OH is 1. The number of Topliss-reactive ketones (excluding diaryl/α,β-unsaturated/α-hetero) is 1. The van der Waals surface area contributed by atoms with Gasteiger partial charge in [-0.25, -0.2) is 0 Å². The summed E-state index contributed by atoms with van der Waals surface area (Å²) in [4.78, 5) is 28.0. The minimum absolute atomic E-state index is 0.0359. The molecule has 1 saturated heterocycles. The van der Waals surface area contributed by atoms with Crippen LogP contribution in [0.25, 0.3) is 0 Å². The lowest BCUT2D eigenvalue weighted by molar-refractivity contribution is -0.130. The SMILES string of the molecule is CNc1cccc2c1C(=O)[C@@H]1[C@H]3C(O)=C(C(C)=N)C(=O)N3C(C)(C)[C@@H]1C2. The van der Waals surface area contributed by atoms with Crippen molar-refractivity contribution in [1.82, 2.24) is 4.90 Å². The molecule has 2 aliphatic heterocycles. The molecule has 2 heterocycles. The van der Waals surface area contributed by atoms with E-state index in [9.17, 15) is 14.7 Å². The molecule has 0 aromatic heterocycles. The molecular weight excluding hydrogens is 330 g/mol. The van der Waals surface area contributed by atoms with Gasteiger partial charge in [-0.15, -0.1) is 0 Å². The Morgan fingerprint density at radius 2 is 2.04 bits per heavy atom. The van der Waals surface area contributed by atoms with Crippen LogP contribution in [0.5, 0.6) is 0 Å². The number of amides is 1. The van der Waals surface area contributed by atoms with E-state index in [0.29, 0.717) is 12.0 Å². The van der Waals surface area contributed by atoms with Crippen molar-refractivity contribution in [2.75, 3.05) is 12.4 Å². The molecule has 26 heavy (non-hydrogen) atoms. The Balaban J connectivity index is 1.91. The molecule has 1 amide bonds. The van der Waals surface area contributed by atoms with Crippen LogP contribution in [0.3, 0.4) is 0 Å². The Kier molecular flexibility index (Phi) is 3.36. The van der Waals surface area contributed by atoms with Crippen LogP contribution in [0.1, 0.15) is 36.7 Å². The van der Waals surface area contributed by atoms with Crippen LogP contribution in [0.4, 0.5) is 5.69 Å².